The highest BCUT2D eigenvalue weighted by molar-refractivity contribution is 5.87. The molecule has 2 nitrogen and oxygen atoms in total. The summed E-state index contributed by atoms with van der Waals surface area (Å²) in [6, 6.07) is 0. The minimum atomic E-state index is -0.515. The van der Waals surface area contributed by atoms with E-state index in [1.807, 2.05) is 0 Å². The van der Waals surface area contributed by atoms with E-state index < -0.39 is 6.10 Å². The zero-order chi connectivity index (χ0) is 6.57. The molecule has 0 radical (unpaired) electrons. The van der Waals surface area contributed by atoms with Crippen molar-refractivity contribution in [1.82, 2.24) is 0 Å². The average molecular weight is 114 g/mol. The normalized spacial score (nSPS) is 14.4. The van der Waals surface area contributed by atoms with Crippen LogP contribution in [0, 0.1) is 0 Å². The fourth-order valence-electron chi connectivity index (χ4n) is 0.275. The Kier molecular flexibility index (Phi) is 3.12. The fraction of sp³-hybridized carbons (Fsp3) is 0.500. The van der Waals surface area contributed by atoms with E-state index in [0.29, 0.717) is 0 Å². The number of hydrogen-bond donors (Lipinski definition) is 1. The molecule has 46 valence electrons. The molecule has 0 fully saturated rings. The largest absolute Gasteiger partial charge is 0.389 e. The first kappa shape index (κ1) is 7.37. The number of aliphatic hydroxyl groups excluding tert-OH is 1. The Bertz CT molecular complexity index is 103. The van der Waals surface area contributed by atoms with Gasteiger partial charge in [-0.1, -0.05) is 6.08 Å². The van der Waals surface area contributed by atoms with E-state index in [9.17, 15) is 4.79 Å². The van der Waals surface area contributed by atoms with Crippen molar-refractivity contribution >= 4 is 5.78 Å². The van der Waals surface area contributed by atoms with Gasteiger partial charge >= 0.3 is 0 Å². The maximum Gasteiger partial charge on any atom is 0.152 e. The number of ketones is 1. The van der Waals surface area contributed by atoms with E-state index in [-0.39, 0.29) is 5.78 Å². The molecule has 8 heavy (non-hydrogen) atoms. The van der Waals surface area contributed by atoms with Crippen molar-refractivity contribution in [1.29, 1.82) is 0 Å². The Morgan fingerprint density at radius 1 is 1.75 bits per heavy atom. The lowest BCUT2D eigenvalue weighted by Crippen LogP contribution is -1.93. The zero-order valence-corrected chi connectivity index (χ0v) is 5.09. The molecule has 0 aromatic heterocycles. The second-order valence-electron chi connectivity index (χ2n) is 1.71. The van der Waals surface area contributed by atoms with Gasteiger partial charge in [0.1, 0.15) is 0 Å². The van der Waals surface area contributed by atoms with Crippen molar-refractivity contribution in [2.75, 3.05) is 0 Å². The van der Waals surface area contributed by atoms with Crippen LogP contribution in [0.2, 0.25) is 0 Å². The lowest BCUT2D eigenvalue weighted by molar-refractivity contribution is -0.112. The third-order valence-electron chi connectivity index (χ3n) is 0.609. The van der Waals surface area contributed by atoms with Gasteiger partial charge in [-0.15, -0.1) is 0 Å². The van der Waals surface area contributed by atoms with Crippen LogP contribution in [0.1, 0.15) is 13.8 Å². The second-order valence-corrected chi connectivity index (χ2v) is 1.71. The van der Waals surface area contributed by atoms with Crippen LogP contribution in [0.15, 0.2) is 12.2 Å². The Labute approximate surface area is 48.8 Å². The molecular formula is C6H10O2. The highest BCUT2D eigenvalue weighted by Gasteiger charge is 1.85. The number of rotatable bonds is 2. The monoisotopic (exact) mass is 114 g/mol. The molecule has 1 atom stereocenters. The Hall–Kier alpha value is -0.630. The quantitative estimate of drug-likeness (QED) is 0.531. The molecule has 0 bridgehead atoms. The highest BCUT2D eigenvalue weighted by Crippen LogP contribution is 1.81. The molecule has 0 aliphatic heterocycles. The van der Waals surface area contributed by atoms with Gasteiger partial charge in [-0.2, -0.15) is 0 Å². The molecular weight excluding hydrogens is 104 g/mol. The SMILES string of the molecule is CC(=O)C=CC(C)O. The summed E-state index contributed by atoms with van der Waals surface area (Å²) in [5.41, 5.74) is 0. The van der Waals surface area contributed by atoms with Crippen molar-refractivity contribution in [3.05, 3.63) is 12.2 Å². The van der Waals surface area contributed by atoms with Gasteiger partial charge in [-0.3, -0.25) is 4.79 Å². The average Bonchev–Trinajstić information content (AvgIpc) is 1.61. The van der Waals surface area contributed by atoms with Crippen LogP contribution in [-0.2, 0) is 4.79 Å². The van der Waals surface area contributed by atoms with Crippen molar-refractivity contribution in [3.8, 4) is 0 Å². The van der Waals surface area contributed by atoms with E-state index in [1.54, 1.807) is 6.92 Å². The van der Waals surface area contributed by atoms with Crippen molar-refractivity contribution in [2.45, 2.75) is 20.0 Å². The van der Waals surface area contributed by atoms with Crippen molar-refractivity contribution in [2.24, 2.45) is 0 Å². The smallest absolute Gasteiger partial charge is 0.152 e. The third kappa shape index (κ3) is 5.37. The zero-order valence-electron chi connectivity index (χ0n) is 5.09. The number of carbonyl (C=O) groups is 1. The third-order valence-corrected chi connectivity index (χ3v) is 0.609. The van der Waals surface area contributed by atoms with Crippen LogP contribution < -0.4 is 0 Å². The van der Waals surface area contributed by atoms with Gasteiger partial charge in [0.25, 0.3) is 0 Å². The number of hydrogen-bond acceptors (Lipinski definition) is 2. The van der Waals surface area contributed by atoms with Crippen LogP contribution in [0.25, 0.3) is 0 Å². The summed E-state index contributed by atoms with van der Waals surface area (Å²) in [6.45, 7) is 3.04. The number of allylic oxidation sites excluding steroid dienone is 1. The fourth-order valence-corrected chi connectivity index (χ4v) is 0.275. The molecule has 0 aliphatic rings. The topological polar surface area (TPSA) is 37.3 Å². The van der Waals surface area contributed by atoms with Crippen molar-refractivity contribution in [3.63, 3.8) is 0 Å². The first-order valence-electron chi connectivity index (χ1n) is 2.50. The molecule has 0 aromatic rings. The minimum absolute atomic E-state index is 0.0362. The van der Waals surface area contributed by atoms with Crippen LogP contribution >= 0.6 is 0 Å². The summed E-state index contributed by atoms with van der Waals surface area (Å²) in [7, 11) is 0. The highest BCUT2D eigenvalue weighted by atomic mass is 16.3. The van der Waals surface area contributed by atoms with E-state index in [4.69, 9.17) is 5.11 Å². The summed E-state index contributed by atoms with van der Waals surface area (Å²) in [5, 5.41) is 8.56. The Morgan fingerprint density at radius 3 is 2.38 bits per heavy atom. The molecule has 0 saturated carbocycles. The predicted octanol–water partition coefficient (Wildman–Crippen LogP) is 0.512. The molecule has 0 amide bonds. The molecule has 0 aromatic carbocycles. The standard InChI is InChI=1S/C6H10O2/c1-5(7)3-4-6(2)8/h3-5,7H,1-2H3. The molecule has 1 unspecified atom stereocenters. The van der Waals surface area contributed by atoms with Gasteiger partial charge in [0.15, 0.2) is 5.78 Å². The summed E-state index contributed by atoms with van der Waals surface area (Å²) >= 11 is 0. The van der Waals surface area contributed by atoms with E-state index in [2.05, 4.69) is 0 Å². The van der Waals surface area contributed by atoms with Gasteiger partial charge in [0.2, 0.25) is 0 Å². The van der Waals surface area contributed by atoms with Gasteiger partial charge < -0.3 is 5.11 Å². The maximum atomic E-state index is 10.2. The molecule has 0 rings (SSSR count). The summed E-state index contributed by atoms with van der Waals surface area (Å²) in [4.78, 5) is 10.2. The first-order chi connectivity index (χ1) is 3.63. The summed E-state index contributed by atoms with van der Waals surface area (Å²) in [5.74, 6) is -0.0362. The molecule has 0 saturated heterocycles. The van der Waals surface area contributed by atoms with Gasteiger partial charge in [0, 0.05) is 0 Å². The van der Waals surface area contributed by atoms with Gasteiger partial charge in [-0.25, -0.2) is 0 Å². The minimum Gasteiger partial charge on any atom is -0.389 e. The van der Waals surface area contributed by atoms with Gasteiger partial charge in [0.05, 0.1) is 6.10 Å². The van der Waals surface area contributed by atoms with E-state index >= 15 is 0 Å². The van der Waals surface area contributed by atoms with E-state index in [1.165, 1.54) is 19.1 Å². The number of aliphatic hydroxyl groups is 1. The molecule has 0 heterocycles. The lowest BCUT2D eigenvalue weighted by Gasteiger charge is -1.88. The van der Waals surface area contributed by atoms with E-state index in [0.717, 1.165) is 0 Å². The van der Waals surface area contributed by atoms with Gasteiger partial charge in [-0.05, 0) is 19.9 Å². The van der Waals surface area contributed by atoms with Crippen LogP contribution in [0.4, 0.5) is 0 Å². The number of carbonyl (C=O) groups excluding carboxylic acids is 1. The predicted molar refractivity (Wildman–Crippen MR) is 31.5 cm³/mol. The van der Waals surface area contributed by atoms with Crippen LogP contribution in [-0.4, -0.2) is 17.0 Å². The van der Waals surface area contributed by atoms with Crippen molar-refractivity contribution < 1.29 is 9.90 Å². The first-order valence-corrected chi connectivity index (χ1v) is 2.50. The Balaban J connectivity index is 3.50. The molecule has 0 aliphatic carbocycles. The molecule has 2 heteroatoms. The molecule has 0 spiro atoms. The van der Waals surface area contributed by atoms with Crippen LogP contribution in [0.3, 0.4) is 0 Å². The summed E-state index contributed by atoms with van der Waals surface area (Å²) in [6.07, 6.45) is 2.28. The molecule has 1 N–H and O–H groups in total. The Morgan fingerprint density at radius 2 is 2.25 bits per heavy atom. The maximum absolute atomic E-state index is 10.2. The van der Waals surface area contributed by atoms with Crippen LogP contribution in [0.5, 0.6) is 0 Å². The summed E-state index contributed by atoms with van der Waals surface area (Å²) < 4.78 is 0. The lowest BCUT2D eigenvalue weighted by atomic mass is 10.3. The second kappa shape index (κ2) is 3.38.